The second-order valence-electron chi connectivity index (χ2n) is 4.52. The summed E-state index contributed by atoms with van der Waals surface area (Å²) >= 11 is 5.88. The first kappa shape index (κ1) is 16.2. The highest BCUT2D eigenvalue weighted by Crippen LogP contribution is 2.16. The van der Waals surface area contributed by atoms with Crippen molar-refractivity contribution in [2.75, 3.05) is 25.6 Å². The molecule has 0 saturated heterocycles. The molecule has 8 nitrogen and oxygen atoms in total. The largest absolute Gasteiger partial charge is 0.383 e. The molecule has 0 aliphatic heterocycles. The van der Waals surface area contributed by atoms with E-state index in [1.165, 1.54) is 4.68 Å². The average molecular weight is 325 g/mol. The predicted molar refractivity (Wildman–Crippen MR) is 82.2 cm³/mol. The van der Waals surface area contributed by atoms with E-state index < -0.39 is 0 Å². The smallest absolute Gasteiger partial charge is 0.241 e. The molecule has 0 spiro atoms. The number of aryl methyl sites for hydroxylation is 1. The quantitative estimate of drug-likeness (QED) is 0.586. The number of hydrogen-bond acceptors (Lipinski definition) is 6. The van der Waals surface area contributed by atoms with Crippen LogP contribution in [0.5, 0.6) is 0 Å². The summed E-state index contributed by atoms with van der Waals surface area (Å²) in [4.78, 5) is 19.9. The van der Waals surface area contributed by atoms with Crippen molar-refractivity contribution >= 4 is 29.0 Å². The van der Waals surface area contributed by atoms with Crippen LogP contribution in [-0.2, 0) is 16.1 Å². The van der Waals surface area contributed by atoms with Gasteiger partial charge in [-0.25, -0.2) is 9.97 Å². The van der Waals surface area contributed by atoms with Crippen LogP contribution >= 0.6 is 11.6 Å². The summed E-state index contributed by atoms with van der Waals surface area (Å²) in [6, 6.07) is 1.61. The van der Waals surface area contributed by atoms with Crippen molar-refractivity contribution in [2.24, 2.45) is 0 Å². The zero-order valence-electron chi connectivity index (χ0n) is 12.3. The van der Waals surface area contributed by atoms with Crippen molar-refractivity contribution < 1.29 is 9.53 Å². The van der Waals surface area contributed by atoms with E-state index >= 15 is 0 Å². The number of halogens is 1. The number of methoxy groups -OCH3 is 1. The van der Waals surface area contributed by atoms with Gasteiger partial charge in [-0.15, -0.1) is 0 Å². The van der Waals surface area contributed by atoms with E-state index in [2.05, 4.69) is 25.7 Å². The zero-order chi connectivity index (χ0) is 15.9. The third-order valence-corrected chi connectivity index (χ3v) is 2.84. The molecule has 2 aromatic rings. The minimum Gasteiger partial charge on any atom is -0.383 e. The fourth-order valence-electron chi connectivity index (χ4n) is 1.75. The molecule has 0 radical (unpaired) electrons. The summed E-state index contributed by atoms with van der Waals surface area (Å²) in [7, 11) is 1.58. The van der Waals surface area contributed by atoms with E-state index in [9.17, 15) is 4.79 Å². The van der Waals surface area contributed by atoms with E-state index in [-0.39, 0.29) is 12.5 Å². The van der Waals surface area contributed by atoms with Crippen LogP contribution in [0.4, 0.5) is 11.5 Å². The van der Waals surface area contributed by atoms with Gasteiger partial charge in [0.15, 0.2) is 0 Å². The summed E-state index contributed by atoms with van der Waals surface area (Å²) in [6.45, 7) is 2.84. The third-order valence-electron chi connectivity index (χ3n) is 2.65. The van der Waals surface area contributed by atoms with Crippen molar-refractivity contribution in [3.05, 3.63) is 29.4 Å². The fourth-order valence-corrected chi connectivity index (χ4v) is 1.98. The molecule has 0 atom stereocenters. The first-order chi connectivity index (χ1) is 10.6. The number of ether oxygens (including phenoxy) is 1. The van der Waals surface area contributed by atoms with Gasteiger partial charge in [0.1, 0.15) is 23.3 Å². The van der Waals surface area contributed by atoms with Gasteiger partial charge in [0.05, 0.1) is 18.5 Å². The molecule has 0 aliphatic rings. The molecule has 2 aromatic heterocycles. The standard InChI is InChI=1S/C13H17ClN6O2/c1-9-17-11(14)5-12(18-9)19-10-6-16-20(7-10)8-13(21)15-3-4-22-2/h5-7H,3-4,8H2,1-2H3,(H,15,21)(H,17,18,19). The summed E-state index contributed by atoms with van der Waals surface area (Å²) in [6.07, 6.45) is 3.31. The molecule has 9 heteroatoms. The van der Waals surface area contributed by atoms with Crippen LogP contribution in [0.3, 0.4) is 0 Å². The summed E-state index contributed by atoms with van der Waals surface area (Å²) < 4.78 is 6.39. The Bertz CT molecular complexity index is 625. The highest BCUT2D eigenvalue weighted by molar-refractivity contribution is 6.29. The molecule has 22 heavy (non-hydrogen) atoms. The molecular weight excluding hydrogens is 308 g/mol. The molecule has 1 amide bonds. The molecule has 0 aromatic carbocycles. The van der Waals surface area contributed by atoms with Crippen molar-refractivity contribution in [3.63, 3.8) is 0 Å². The maximum absolute atomic E-state index is 11.7. The number of hydrogen-bond donors (Lipinski definition) is 2. The number of anilines is 2. The lowest BCUT2D eigenvalue weighted by atomic mass is 10.5. The van der Waals surface area contributed by atoms with Gasteiger partial charge in [0.2, 0.25) is 5.91 Å². The molecule has 0 saturated carbocycles. The molecule has 118 valence electrons. The minimum absolute atomic E-state index is 0.132. The van der Waals surface area contributed by atoms with Gasteiger partial charge in [0.25, 0.3) is 0 Å². The first-order valence-corrected chi connectivity index (χ1v) is 7.01. The van der Waals surface area contributed by atoms with E-state index in [0.29, 0.717) is 35.6 Å². The number of carbonyl (C=O) groups is 1. The van der Waals surface area contributed by atoms with Crippen molar-refractivity contribution in [1.82, 2.24) is 25.1 Å². The Morgan fingerprint density at radius 2 is 2.27 bits per heavy atom. The predicted octanol–water partition coefficient (Wildman–Crippen LogP) is 1.14. The highest BCUT2D eigenvalue weighted by atomic mass is 35.5. The lowest BCUT2D eigenvalue weighted by molar-refractivity contribution is -0.122. The lowest BCUT2D eigenvalue weighted by Gasteiger charge is -2.05. The highest BCUT2D eigenvalue weighted by Gasteiger charge is 2.06. The summed E-state index contributed by atoms with van der Waals surface area (Å²) in [5.41, 5.74) is 0.707. The summed E-state index contributed by atoms with van der Waals surface area (Å²) in [5.74, 6) is 1.01. The fraction of sp³-hybridized carbons (Fsp3) is 0.385. The van der Waals surface area contributed by atoms with Crippen LogP contribution in [-0.4, -0.2) is 45.9 Å². The first-order valence-electron chi connectivity index (χ1n) is 6.63. The molecule has 2 heterocycles. The second kappa shape index (κ2) is 7.71. The SMILES string of the molecule is COCCNC(=O)Cn1cc(Nc2cc(Cl)nc(C)n2)cn1. The van der Waals surface area contributed by atoms with Gasteiger partial charge in [-0.3, -0.25) is 9.48 Å². The van der Waals surface area contributed by atoms with Gasteiger partial charge in [0, 0.05) is 25.9 Å². The Hall–Kier alpha value is -2.19. The monoisotopic (exact) mass is 324 g/mol. The summed E-state index contributed by atoms with van der Waals surface area (Å²) in [5, 5.41) is 10.3. The maximum atomic E-state index is 11.7. The van der Waals surface area contributed by atoms with Crippen LogP contribution in [0.1, 0.15) is 5.82 Å². The number of aromatic nitrogens is 4. The lowest BCUT2D eigenvalue weighted by Crippen LogP contribution is -2.30. The van der Waals surface area contributed by atoms with E-state index in [1.807, 2.05) is 0 Å². The Morgan fingerprint density at radius 1 is 1.45 bits per heavy atom. The van der Waals surface area contributed by atoms with Crippen LogP contribution in [0, 0.1) is 6.92 Å². The second-order valence-corrected chi connectivity index (χ2v) is 4.90. The molecule has 0 bridgehead atoms. The van der Waals surface area contributed by atoms with E-state index in [0.717, 1.165) is 0 Å². The van der Waals surface area contributed by atoms with Crippen LogP contribution in [0.2, 0.25) is 5.15 Å². The van der Waals surface area contributed by atoms with Crippen molar-refractivity contribution in [1.29, 1.82) is 0 Å². The minimum atomic E-state index is -0.132. The van der Waals surface area contributed by atoms with Gasteiger partial charge < -0.3 is 15.4 Å². The molecule has 2 rings (SSSR count). The third kappa shape index (κ3) is 4.97. The maximum Gasteiger partial charge on any atom is 0.241 e. The normalized spacial score (nSPS) is 10.5. The van der Waals surface area contributed by atoms with Crippen molar-refractivity contribution in [2.45, 2.75) is 13.5 Å². The Kier molecular flexibility index (Phi) is 5.68. The van der Waals surface area contributed by atoms with E-state index in [1.54, 1.807) is 32.5 Å². The molecule has 2 N–H and O–H groups in total. The Balaban J connectivity index is 1.92. The molecular formula is C13H17ClN6O2. The Morgan fingerprint density at radius 3 is 3.00 bits per heavy atom. The van der Waals surface area contributed by atoms with Gasteiger partial charge >= 0.3 is 0 Å². The number of nitrogens with one attached hydrogen (secondary N) is 2. The van der Waals surface area contributed by atoms with Crippen LogP contribution < -0.4 is 10.6 Å². The van der Waals surface area contributed by atoms with Crippen molar-refractivity contribution in [3.8, 4) is 0 Å². The molecule has 0 fully saturated rings. The van der Waals surface area contributed by atoms with Gasteiger partial charge in [-0.2, -0.15) is 5.10 Å². The number of rotatable bonds is 7. The topological polar surface area (TPSA) is 94.0 Å². The zero-order valence-corrected chi connectivity index (χ0v) is 13.1. The number of carbonyl (C=O) groups excluding carboxylic acids is 1. The number of nitrogens with zero attached hydrogens (tertiary/aromatic N) is 4. The number of amides is 1. The Labute approximate surface area is 132 Å². The molecule has 0 aliphatic carbocycles. The van der Waals surface area contributed by atoms with Crippen LogP contribution in [0.15, 0.2) is 18.5 Å². The van der Waals surface area contributed by atoms with Gasteiger partial charge in [-0.05, 0) is 6.92 Å². The van der Waals surface area contributed by atoms with Crippen LogP contribution in [0.25, 0.3) is 0 Å². The van der Waals surface area contributed by atoms with Gasteiger partial charge in [-0.1, -0.05) is 11.6 Å². The molecule has 0 unspecified atom stereocenters. The van der Waals surface area contributed by atoms with E-state index in [4.69, 9.17) is 16.3 Å². The average Bonchev–Trinajstić information content (AvgIpc) is 2.85.